The van der Waals surface area contributed by atoms with Gasteiger partial charge >= 0.3 is 0 Å². The first-order chi connectivity index (χ1) is 8.39. The Labute approximate surface area is 109 Å². The van der Waals surface area contributed by atoms with Crippen LogP contribution in [0.4, 0.5) is 5.69 Å². The van der Waals surface area contributed by atoms with E-state index < -0.39 is 0 Å². The zero-order valence-electron chi connectivity index (χ0n) is 11.5. The Morgan fingerprint density at radius 1 is 1.28 bits per heavy atom. The molecule has 0 saturated heterocycles. The van der Waals surface area contributed by atoms with Crippen LogP contribution in [0, 0.1) is 20.8 Å². The van der Waals surface area contributed by atoms with Crippen molar-refractivity contribution < 1.29 is 4.79 Å². The van der Waals surface area contributed by atoms with Crippen molar-refractivity contribution in [1.82, 2.24) is 0 Å². The fraction of sp³-hybridized carbons (Fsp3) is 0.533. The predicted octanol–water partition coefficient (Wildman–Crippen LogP) is 2.82. The van der Waals surface area contributed by atoms with E-state index in [0.29, 0.717) is 6.42 Å². The standard InChI is InChI=1S/C15H22N2O/c1-10-7-11(2)14(12(3)8-10)17-13(18)9-15(16)5-4-6-15/h7-8H,4-6,9,16H2,1-3H3,(H,17,18). The Balaban J connectivity index is 2.07. The number of hydrogen-bond donors (Lipinski definition) is 2. The second-order valence-corrected chi connectivity index (χ2v) is 5.71. The van der Waals surface area contributed by atoms with Crippen LogP contribution in [0.1, 0.15) is 42.4 Å². The van der Waals surface area contributed by atoms with Crippen molar-refractivity contribution in [3.8, 4) is 0 Å². The molecule has 0 aromatic heterocycles. The van der Waals surface area contributed by atoms with Crippen LogP contribution in [-0.4, -0.2) is 11.4 Å². The largest absolute Gasteiger partial charge is 0.326 e. The SMILES string of the molecule is Cc1cc(C)c(NC(=O)CC2(N)CCC2)c(C)c1. The molecule has 98 valence electrons. The topological polar surface area (TPSA) is 55.1 Å². The molecule has 1 aromatic carbocycles. The van der Waals surface area contributed by atoms with E-state index in [1.54, 1.807) is 0 Å². The van der Waals surface area contributed by atoms with E-state index in [0.717, 1.165) is 36.1 Å². The molecule has 0 aliphatic heterocycles. The third kappa shape index (κ3) is 2.72. The molecule has 3 nitrogen and oxygen atoms in total. The Bertz CT molecular complexity index is 452. The number of carbonyl (C=O) groups is 1. The van der Waals surface area contributed by atoms with Crippen LogP contribution < -0.4 is 11.1 Å². The highest BCUT2D eigenvalue weighted by Crippen LogP contribution is 2.32. The Kier molecular flexibility index (Phi) is 3.44. The van der Waals surface area contributed by atoms with Gasteiger partial charge in [-0.15, -0.1) is 0 Å². The van der Waals surface area contributed by atoms with Gasteiger partial charge in [-0.05, 0) is 51.2 Å². The lowest BCUT2D eigenvalue weighted by Crippen LogP contribution is -2.49. The second-order valence-electron chi connectivity index (χ2n) is 5.71. The van der Waals surface area contributed by atoms with Crippen molar-refractivity contribution in [2.75, 3.05) is 5.32 Å². The summed E-state index contributed by atoms with van der Waals surface area (Å²) in [4.78, 5) is 12.0. The number of rotatable bonds is 3. The summed E-state index contributed by atoms with van der Waals surface area (Å²) >= 11 is 0. The fourth-order valence-corrected chi connectivity index (χ4v) is 2.69. The number of benzene rings is 1. The van der Waals surface area contributed by atoms with Gasteiger partial charge in [-0.25, -0.2) is 0 Å². The molecule has 0 unspecified atom stereocenters. The first-order valence-electron chi connectivity index (χ1n) is 6.56. The quantitative estimate of drug-likeness (QED) is 0.861. The Hall–Kier alpha value is -1.35. The summed E-state index contributed by atoms with van der Waals surface area (Å²) in [6, 6.07) is 4.17. The minimum absolute atomic E-state index is 0.0345. The van der Waals surface area contributed by atoms with Gasteiger partial charge in [0.15, 0.2) is 0 Å². The molecule has 1 saturated carbocycles. The number of hydrogen-bond acceptors (Lipinski definition) is 2. The van der Waals surface area contributed by atoms with Gasteiger partial charge in [-0.2, -0.15) is 0 Å². The zero-order chi connectivity index (χ0) is 13.3. The molecule has 3 N–H and O–H groups in total. The molecule has 3 heteroatoms. The molecular weight excluding hydrogens is 224 g/mol. The van der Waals surface area contributed by atoms with Crippen molar-refractivity contribution in [1.29, 1.82) is 0 Å². The van der Waals surface area contributed by atoms with Crippen LogP contribution in [0.3, 0.4) is 0 Å². The second kappa shape index (κ2) is 4.73. The average molecular weight is 246 g/mol. The van der Waals surface area contributed by atoms with Crippen LogP contribution in [0.2, 0.25) is 0 Å². The van der Waals surface area contributed by atoms with E-state index >= 15 is 0 Å². The molecule has 0 spiro atoms. The van der Waals surface area contributed by atoms with Crippen molar-refractivity contribution >= 4 is 11.6 Å². The van der Waals surface area contributed by atoms with Crippen molar-refractivity contribution in [2.24, 2.45) is 5.73 Å². The molecule has 0 radical (unpaired) electrons. The Morgan fingerprint density at radius 3 is 2.28 bits per heavy atom. The summed E-state index contributed by atoms with van der Waals surface area (Å²) in [5.74, 6) is 0.0345. The minimum atomic E-state index is -0.253. The molecule has 0 atom stereocenters. The number of nitrogens with one attached hydrogen (secondary N) is 1. The highest BCUT2D eigenvalue weighted by atomic mass is 16.1. The van der Waals surface area contributed by atoms with E-state index in [-0.39, 0.29) is 11.4 Å². The van der Waals surface area contributed by atoms with Crippen molar-refractivity contribution in [3.05, 3.63) is 28.8 Å². The van der Waals surface area contributed by atoms with Gasteiger partial charge in [0.1, 0.15) is 0 Å². The van der Waals surface area contributed by atoms with Crippen LogP contribution in [0.5, 0.6) is 0 Å². The summed E-state index contributed by atoms with van der Waals surface area (Å²) in [5.41, 5.74) is 10.2. The lowest BCUT2D eigenvalue weighted by atomic mass is 9.75. The summed E-state index contributed by atoms with van der Waals surface area (Å²) in [5, 5.41) is 3.01. The summed E-state index contributed by atoms with van der Waals surface area (Å²) in [6.07, 6.45) is 3.50. The van der Waals surface area contributed by atoms with E-state index in [1.807, 2.05) is 13.8 Å². The molecule has 1 aromatic rings. The molecule has 1 amide bonds. The molecular formula is C15H22N2O. The van der Waals surface area contributed by atoms with Crippen LogP contribution in [-0.2, 0) is 4.79 Å². The van der Waals surface area contributed by atoms with Gasteiger partial charge in [0.25, 0.3) is 0 Å². The number of aryl methyl sites for hydroxylation is 3. The first-order valence-corrected chi connectivity index (χ1v) is 6.56. The van der Waals surface area contributed by atoms with Gasteiger partial charge in [0.2, 0.25) is 5.91 Å². The van der Waals surface area contributed by atoms with Crippen LogP contribution >= 0.6 is 0 Å². The van der Waals surface area contributed by atoms with E-state index in [1.165, 1.54) is 5.56 Å². The monoisotopic (exact) mass is 246 g/mol. The number of amides is 1. The maximum atomic E-state index is 12.0. The lowest BCUT2D eigenvalue weighted by Gasteiger charge is -2.37. The normalized spacial score (nSPS) is 17.1. The van der Waals surface area contributed by atoms with Gasteiger partial charge in [-0.1, -0.05) is 17.7 Å². The van der Waals surface area contributed by atoms with Crippen molar-refractivity contribution in [2.45, 2.75) is 52.0 Å². The highest BCUT2D eigenvalue weighted by molar-refractivity contribution is 5.93. The smallest absolute Gasteiger partial charge is 0.226 e. The van der Waals surface area contributed by atoms with E-state index in [4.69, 9.17) is 5.73 Å². The summed E-state index contributed by atoms with van der Waals surface area (Å²) in [7, 11) is 0. The van der Waals surface area contributed by atoms with Gasteiger partial charge in [-0.3, -0.25) is 4.79 Å². The summed E-state index contributed by atoms with van der Waals surface area (Å²) < 4.78 is 0. The van der Waals surface area contributed by atoms with Crippen molar-refractivity contribution in [3.63, 3.8) is 0 Å². The zero-order valence-corrected chi connectivity index (χ0v) is 11.5. The molecule has 1 fully saturated rings. The van der Waals surface area contributed by atoms with E-state index in [2.05, 4.69) is 24.4 Å². The maximum absolute atomic E-state index is 12.0. The van der Waals surface area contributed by atoms with Gasteiger partial charge in [0.05, 0.1) is 0 Å². The Morgan fingerprint density at radius 2 is 1.83 bits per heavy atom. The molecule has 0 bridgehead atoms. The van der Waals surface area contributed by atoms with E-state index in [9.17, 15) is 4.79 Å². The molecule has 1 aliphatic rings. The van der Waals surface area contributed by atoms with Crippen LogP contribution in [0.25, 0.3) is 0 Å². The minimum Gasteiger partial charge on any atom is -0.326 e. The van der Waals surface area contributed by atoms with Crippen LogP contribution in [0.15, 0.2) is 12.1 Å². The maximum Gasteiger partial charge on any atom is 0.226 e. The van der Waals surface area contributed by atoms with Gasteiger partial charge < -0.3 is 11.1 Å². The third-order valence-corrected chi connectivity index (χ3v) is 3.80. The number of carbonyl (C=O) groups excluding carboxylic acids is 1. The highest BCUT2D eigenvalue weighted by Gasteiger charge is 2.34. The molecule has 0 heterocycles. The van der Waals surface area contributed by atoms with Gasteiger partial charge in [0, 0.05) is 17.6 Å². The first kappa shape index (κ1) is 13.1. The number of nitrogens with two attached hydrogens (primary N) is 1. The number of anilines is 1. The molecule has 1 aliphatic carbocycles. The average Bonchev–Trinajstić information content (AvgIpc) is 2.21. The predicted molar refractivity (Wildman–Crippen MR) is 74.7 cm³/mol. The summed E-state index contributed by atoms with van der Waals surface area (Å²) in [6.45, 7) is 6.11. The molecule has 18 heavy (non-hydrogen) atoms. The fourth-order valence-electron chi connectivity index (χ4n) is 2.69. The molecule has 2 rings (SSSR count). The lowest BCUT2D eigenvalue weighted by molar-refractivity contribution is -0.118. The third-order valence-electron chi connectivity index (χ3n) is 3.80.